The predicted octanol–water partition coefficient (Wildman–Crippen LogP) is 4.07. The van der Waals surface area contributed by atoms with Crippen LogP contribution in [0.25, 0.3) is 0 Å². The van der Waals surface area contributed by atoms with Crippen molar-refractivity contribution in [1.82, 2.24) is 4.72 Å². The minimum absolute atomic E-state index is 0.312. The summed E-state index contributed by atoms with van der Waals surface area (Å²) in [4.78, 5) is 0. The maximum atomic E-state index is 12.3. The Morgan fingerprint density at radius 3 is 2.40 bits per heavy atom. The minimum Gasteiger partial charge on any atom is -0.466 e. The van der Waals surface area contributed by atoms with Crippen LogP contribution >= 0.6 is 27.3 Å². The molecule has 1 atom stereocenters. The van der Waals surface area contributed by atoms with Crippen LogP contribution in [0.3, 0.4) is 0 Å². The summed E-state index contributed by atoms with van der Waals surface area (Å²) in [6.07, 6.45) is 0. The molecule has 0 aliphatic carbocycles. The Hall–Kier alpha value is -0.630. The van der Waals surface area contributed by atoms with Crippen molar-refractivity contribution in [3.8, 4) is 0 Å². The summed E-state index contributed by atoms with van der Waals surface area (Å²) < 4.78 is 34.0. The Balaban J connectivity index is 2.26. The molecule has 0 fully saturated rings. The van der Waals surface area contributed by atoms with Gasteiger partial charge in [0.25, 0.3) is 10.0 Å². The van der Waals surface area contributed by atoms with E-state index in [1.165, 1.54) is 11.3 Å². The molecule has 0 bridgehead atoms. The van der Waals surface area contributed by atoms with Crippen molar-refractivity contribution >= 4 is 37.3 Å². The third kappa shape index (κ3) is 3.16. The average molecular weight is 378 g/mol. The molecular formula is C13H16BrNO3S2. The van der Waals surface area contributed by atoms with E-state index in [2.05, 4.69) is 20.7 Å². The third-order valence-corrected chi connectivity index (χ3v) is 7.13. The van der Waals surface area contributed by atoms with Gasteiger partial charge in [0.2, 0.25) is 0 Å². The summed E-state index contributed by atoms with van der Waals surface area (Å²) in [7, 11) is -3.52. The molecule has 1 N–H and O–H groups in total. The third-order valence-electron chi connectivity index (χ3n) is 2.98. The highest BCUT2D eigenvalue weighted by molar-refractivity contribution is 9.11. The minimum atomic E-state index is -3.52. The molecule has 0 aliphatic heterocycles. The Kier molecular flexibility index (Phi) is 4.44. The van der Waals surface area contributed by atoms with Gasteiger partial charge >= 0.3 is 0 Å². The summed E-state index contributed by atoms with van der Waals surface area (Å²) in [5.41, 5.74) is 1.77. The molecule has 0 aliphatic rings. The zero-order chi connectivity index (χ0) is 15.1. The number of rotatable bonds is 4. The van der Waals surface area contributed by atoms with Crippen LogP contribution in [0.4, 0.5) is 0 Å². The van der Waals surface area contributed by atoms with Gasteiger partial charge in [-0.3, -0.25) is 0 Å². The molecule has 0 saturated carbocycles. The standard InChI is InChI=1S/C13H16BrNO3S2/c1-7-5-12(19-13(7)14)20(16,17)15-9(3)11-6-8(2)18-10(11)4/h5-6,9,15H,1-4H3. The number of hydrogen-bond donors (Lipinski definition) is 1. The van der Waals surface area contributed by atoms with Crippen molar-refractivity contribution in [2.24, 2.45) is 0 Å². The van der Waals surface area contributed by atoms with E-state index in [0.29, 0.717) is 4.21 Å². The summed E-state index contributed by atoms with van der Waals surface area (Å²) in [5, 5.41) is 0. The lowest BCUT2D eigenvalue weighted by Crippen LogP contribution is -2.26. The first-order valence-corrected chi connectivity index (χ1v) is 9.15. The molecule has 1 unspecified atom stereocenters. The number of halogens is 1. The molecule has 0 saturated heterocycles. The highest BCUT2D eigenvalue weighted by atomic mass is 79.9. The van der Waals surface area contributed by atoms with Gasteiger partial charge in [0, 0.05) is 11.6 Å². The molecule has 0 spiro atoms. The monoisotopic (exact) mass is 377 g/mol. The lowest BCUT2D eigenvalue weighted by Gasteiger charge is -2.12. The molecule has 0 radical (unpaired) electrons. The molecule has 4 nitrogen and oxygen atoms in total. The molecular weight excluding hydrogens is 362 g/mol. The van der Waals surface area contributed by atoms with E-state index in [1.807, 2.05) is 33.8 Å². The first-order chi connectivity index (χ1) is 9.20. The van der Waals surface area contributed by atoms with E-state index in [4.69, 9.17) is 4.42 Å². The topological polar surface area (TPSA) is 59.3 Å². The number of furan rings is 1. The summed E-state index contributed by atoms with van der Waals surface area (Å²) >= 11 is 4.56. The lowest BCUT2D eigenvalue weighted by atomic mass is 10.1. The Morgan fingerprint density at radius 1 is 1.30 bits per heavy atom. The number of thiophene rings is 1. The number of nitrogens with one attached hydrogen (secondary N) is 1. The second-order valence-corrected chi connectivity index (χ2v) is 9.04. The van der Waals surface area contributed by atoms with E-state index in [1.54, 1.807) is 6.07 Å². The van der Waals surface area contributed by atoms with Crippen molar-refractivity contribution in [3.05, 3.63) is 38.6 Å². The van der Waals surface area contributed by atoms with E-state index < -0.39 is 10.0 Å². The highest BCUT2D eigenvalue weighted by Crippen LogP contribution is 2.31. The summed E-state index contributed by atoms with van der Waals surface area (Å²) in [6, 6.07) is 3.19. The fourth-order valence-corrected chi connectivity index (χ4v) is 5.46. The first kappa shape index (κ1) is 15.8. The summed E-state index contributed by atoms with van der Waals surface area (Å²) in [5.74, 6) is 1.51. The number of hydrogen-bond acceptors (Lipinski definition) is 4. The SMILES string of the molecule is Cc1cc(C(C)NS(=O)(=O)c2cc(C)c(Br)s2)c(C)o1. The van der Waals surface area contributed by atoms with Crippen molar-refractivity contribution in [1.29, 1.82) is 0 Å². The lowest BCUT2D eigenvalue weighted by molar-refractivity contribution is 0.496. The van der Waals surface area contributed by atoms with Gasteiger partial charge in [-0.2, -0.15) is 0 Å². The molecule has 7 heteroatoms. The number of sulfonamides is 1. The van der Waals surface area contributed by atoms with Crippen molar-refractivity contribution in [2.75, 3.05) is 0 Å². The second kappa shape index (κ2) is 5.63. The van der Waals surface area contributed by atoms with Crippen LogP contribution in [-0.2, 0) is 10.0 Å². The molecule has 2 heterocycles. The first-order valence-electron chi connectivity index (χ1n) is 6.06. The molecule has 0 aromatic carbocycles. The molecule has 0 amide bonds. The maximum absolute atomic E-state index is 12.3. The quantitative estimate of drug-likeness (QED) is 0.873. The average Bonchev–Trinajstić information content (AvgIpc) is 2.82. The van der Waals surface area contributed by atoms with Crippen molar-refractivity contribution in [3.63, 3.8) is 0 Å². The Labute approximate surface area is 131 Å². The van der Waals surface area contributed by atoms with Crippen LogP contribution in [0.1, 0.15) is 35.6 Å². The normalized spacial score (nSPS) is 13.7. The molecule has 2 rings (SSSR count). The summed E-state index contributed by atoms with van der Waals surface area (Å²) in [6.45, 7) is 7.35. The van der Waals surface area contributed by atoms with Gasteiger partial charge in [0.1, 0.15) is 15.7 Å². The van der Waals surface area contributed by atoms with Gasteiger partial charge in [-0.05, 0) is 61.3 Å². The van der Waals surface area contributed by atoms with E-state index in [9.17, 15) is 8.42 Å². The van der Waals surface area contributed by atoms with Gasteiger partial charge in [0.15, 0.2) is 0 Å². The zero-order valence-corrected chi connectivity index (χ0v) is 14.9. The van der Waals surface area contributed by atoms with Crippen LogP contribution in [-0.4, -0.2) is 8.42 Å². The van der Waals surface area contributed by atoms with Gasteiger partial charge < -0.3 is 4.42 Å². The molecule has 20 heavy (non-hydrogen) atoms. The smallest absolute Gasteiger partial charge is 0.250 e. The van der Waals surface area contributed by atoms with Gasteiger partial charge in [0.05, 0.1) is 3.79 Å². The van der Waals surface area contributed by atoms with E-state index >= 15 is 0 Å². The maximum Gasteiger partial charge on any atom is 0.250 e. The van der Waals surface area contributed by atoms with Crippen LogP contribution < -0.4 is 4.72 Å². The highest BCUT2D eigenvalue weighted by Gasteiger charge is 2.23. The number of aryl methyl sites for hydroxylation is 3. The largest absolute Gasteiger partial charge is 0.466 e. The fraction of sp³-hybridized carbons (Fsp3) is 0.385. The second-order valence-electron chi connectivity index (χ2n) is 4.73. The van der Waals surface area contributed by atoms with Crippen LogP contribution in [0, 0.1) is 20.8 Å². The van der Waals surface area contributed by atoms with Crippen LogP contribution in [0.5, 0.6) is 0 Å². The van der Waals surface area contributed by atoms with Gasteiger partial charge in [-0.1, -0.05) is 0 Å². The molecule has 2 aromatic heterocycles. The van der Waals surface area contributed by atoms with Gasteiger partial charge in [-0.15, -0.1) is 11.3 Å². The molecule has 2 aromatic rings. The van der Waals surface area contributed by atoms with E-state index in [0.717, 1.165) is 26.4 Å². The fourth-order valence-electron chi connectivity index (χ4n) is 2.00. The molecule has 110 valence electrons. The zero-order valence-electron chi connectivity index (χ0n) is 11.7. The van der Waals surface area contributed by atoms with Crippen molar-refractivity contribution in [2.45, 2.75) is 37.9 Å². The van der Waals surface area contributed by atoms with Crippen LogP contribution in [0.2, 0.25) is 0 Å². The predicted molar refractivity (Wildman–Crippen MR) is 83.7 cm³/mol. The van der Waals surface area contributed by atoms with E-state index in [-0.39, 0.29) is 6.04 Å². The van der Waals surface area contributed by atoms with Crippen molar-refractivity contribution < 1.29 is 12.8 Å². The Morgan fingerprint density at radius 2 is 1.95 bits per heavy atom. The van der Waals surface area contributed by atoms with Crippen LogP contribution in [0.15, 0.2) is 24.5 Å². The Bertz CT molecular complexity index is 711. The van der Waals surface area contributed by atoms with Gasteiger partial charge in [-0.25, -0.2) is 13.1 Å².